The Balaban J connectivity index is 1.93. The highest BCUT2D eigenvalue weighted by Gasteiger charge is 2.35. The van der Waals surface area contributed by atoms with Gasteiger partial charge in [-0.15, -0.1) is 0 Å². The number of hydrogen-bond acceptors (Lipinski definition) is 2. The van der Waals surface area contributed by atoms with E-state index in [9.17, 15) is 4.79 Å². The number of rotatable bonds is 2. The van der Waals surface area contributed by atoms with E-state index in [1.165, 1.54) is 29.5 Å². The van der Waals surface area contributed by atoms with Crippen LogP contribution in [0.4, 0.5) is 5.69 Å². The van der Waals surface area contributed by atoms with Crippen LogP contribution in [-0.2, 0) is 11.2 Å². The molecule has 1 aliphatic heterocycles. The lowest BCUT2D eigenvalue weighted by Crippen LogP contribution is -2.20. The smallest absolute Gasteiger partial charge is 0.231 e. The van der Waals surface area contributed by atoms with E-state index < -0.39 is 0 Å². The summed E-state index contributed by atoms with van der Waals surface area (Å²) >= 11 is 3.49. The van der Waals surface area contributed by atoms with Crippen LogP contribution in [0.2, 0.25) is 0 Å². The summed E-state index contributed by atoms with van der Waals surface area (Å²) in [6, 6.07) is 6.31. The first-order valence-corrected chi connectivity index (χ1v) is 7.97. The van der Waals surface area contributed by atoms with Gasteiger partial charge in [-0.25, -0.2) is 0 Å². The third-order valence-electron chi connectivity index (χ3n) is 4.40. The highest BCUT2D eigenvalue weighted by Crippen LogP contribution is 2.49. The number of anilines is 1. The SMILES string of the molecule is CN1C(=O)Cc2c1ccc(-c1cncc(Br)c1)c2C1CC1. The summed E-state index contributed by atoms with van der Waals surface area (Å²) in [6.45, 7) is 0. The molecule has 0 unspecified atom stereocenters. The van der Waals surface area contributed by atoms with E-state index in [2.05, 4.69) is 39.1 Å². The van der Waals surface area contributed by atoms with Gasteiger partial charge in [-0.2, -0.15) is 0 Å². The number of aromatic nitrogens is 1. The number of carbonyl (C=O) groups is 1. The number of carbonyl (C=O) groups excluding carboxylic acids is 1. The Labute approximate surface area is 132 Å². The number of halogens is 1. The normalized spacial score (nSPS) is 17.2. The highest BCUT2D eigenvalue weighted by atomic mass is 79.9. The van der Waals surface area contributed by atoms with Crippen LogP contribution in [0.3, 0.4) is 0 Å². The Hall–Kier alpha value is -1.68. The second-order valence-electron chi connectivity index (χ2n) is 5.82. The zero-order chi connectivity index (χ0) is 14.6. The van der Waals surface area contributed by atoms with E-state index in [0.29, 0.717) is 12.3 Å². The van der Waals surface area contributed by atoms with Gasteiger partial charge in [0.25, 0.3) is 0 Å². The zero-order valence-corrected chi connectivity index (χ0v) is 13.4. The molecule has 0 bridgehead atoms. The molecule has 106 valence electrons. The summed E-state index contributed by atoms with van der Waals surface area (Å²) in [5, 5.41) is 0. The van der Waals surface area contributed by atoms with Crippen molar-refractivity contribution < 1.29 is 4.79 Å². The van der Waals surface area contributed by atoms with Crippen LogP contribution >= 0.6 is 15.9 Å². The van der Waals surface area contributed by atoms with Crippen molar-refractivity contribution in [2.24, 2.45) is 0 Å². The van der Waals surface area contributed by atoms with Gasteiger partial charge >= 0.3 is 0 Å². The molecule has 1 aliphatic carbocycles. The van der Waals surface area contributed by atoms with Gasteiger partial charge in [0.05, 0.1) is 6.42 Å². The van der Waals surface area contributed by atoms with Crippen molar-refractivity contribution in [1.29, 1.82) is 0 Å². The van der Waals surface area contributed by atoms with E-state index in [0.717, 1.165) is 15.7 Å². The lowest BCUT2D eigenvalue weighted by atomic mass is 9.91. The topological polar surface area (TPSA) is 33.2 Å². The number of pyridine rings is 1. The Kier molecular flexibility index (Phi) is 2.89. The lowest BCUT2D eigenvalue weighted by molar-refractivity contribution is -0.117. The van der Waals surface area contributed by atoms with Crippen molar-refractivity contribution in [3.8, 4) is 11.1 Å². The van der Waals surface area contributed by atoms with E-state index in [-0.39, 0.29) is 5.91 Å². The fourth-order valence-corrected chi connectivity index (χ4v) is 3.57. The molecule has 0 saturated heterocycles. The Morgan fingerprint density at radius 2 is 2.10 bits per heavy atom. The van der Waals surface area contributed by atoms with Crippen molar-refractivity contribution in [3.05, 3.63) is 46.2 Å². The van der Waals surface area contributed by atoms with E-state index in [4.69, 9.17) is 0 Å². The molecule has 21 heavy (non-hydrogen) atoms. The maximum absolute atomic E-state index is 12.0. The number of likely N-dealkylation sites (N-methyl/N-ethyl adjacent to an activating group) is 1. The van der Waals surface area contributed by atoms with Gasteiger partial charge in [0.1, 0.15) is 0 Å². The molecule has 2 aliphatic rings. The minimum Gasteiger partial charge on any atom is -0.315 e. The fraction of sp³-hybridized carbons (Fsp3) is 0.294. The minimum atomic E-state index is 0.191. The standard InChI is InChI=1S/C17H15BrN2O/c1-20-15-5-4-13(11-6-12(18)9-19-8-11)17(10-2-3-10)14(15)7-16(20)21/h4-6,8-10H,2-3,7H2,1H3. The van der Waals surface area contributed by atoms with Gasteiger partial charge in [-0.1, -0.05) is 6.07 Å². The van der Waals surface area contributed by atoms with E-state index >= 15 is 0 Å². The molecule has 0 atom stereocenters. The molecule has 4 heteroatoms. The molecule has 2 aromatic rings. The molecule has 3 nitrogen and oxygen atoms in total. The first-order chi connectivity index (χ1) is 10.1. The molecule has 1 aromatic heterocycles. The summed E-state index contributed by atoms with van der Waals surface area (Å²) in [6.07, 6.45) is 6.68. The summed E-state index contributed by atoms with van der Waals surface area (Å²) in [7, 11) is 1.87. The average Bonchev–Trinajstić information content (AvgIpc) is 3.26. The third kappa shape index (κ3) is 2.09. The van der Waals surface area contributed by atoms with Gasteiger partial charge in [-0.3, -0.25) is 9.78 Å². The number of amides is 1. The van der Waals surface area contributed by atoms with Crippen molar-refractivity contribution in [2.45, 2.75) is 25.2 Å². The maximum atomic E-state index is 12.0. The van der Waals surface area contributed by atoms with Crippen LogP contribution in [0, 0.1) is 0 Å². The largest absolute Gasteiger partial charge is 0.315 e. The molecule has 2 heterocycles. The summed E-state index contributed by atoms with van der Waals surface area (Å²) < 4.78 is 0.982. The van der Waals surface area contributed by atoms with Gasteiger partial charge in [0.15, 0.2) is 0 Å². The van der Waals surface area contributed by atoms with Crippen molar-refractivity contribution in [1.82, 2.24) is 4.98 Å². The molecule has 0 spiro atoms. The zero-order valence-electron chi connectivity index (χ0n) is 11.8. The highest BCUT2D eigenvalue weighted by molar-refractivity contribution is 9.10. The Bertz CT molecular complexity index is 752. The molecule has 1 aromatic carbocycles. The molecule has 1 saturated carbocycles. The molecule has 1 fully saturated rings. The van der Waals surface area contributed by atoms with E-state index in [1.54, 1.807) is 11.1 Å². The minimum absolute atomic E-state index is 0.191. The predicted octanol–water partition coefficient (Wildman–Crippen LogP) is 3.91. The summed E-state index contributed by atoms with van der Waals surface area (Å²) in [5.41, 5.74) is 6.02. The molecule has 4 rings (SSSR count). The van der Waals surface area contributed by atoms with Gasteiger partial charge in [0.2, 0.25) is 5.91 Å². The molecular formula is C17H15BrN2O. The fourth-order valence-electron chi connectivity index (χ4n) is 3.21. The first-order valence-electron chi connectivity index (χ1n) is 7.18. The maximum Gasteiger partial charge on any atom is 0.231 e. The number of fused-ring (bicyclic) bond motifs is 1. The van der Waals surface area contributed by atoms with Crippen molar-refractivity contribution >= 4 is 27.5 Å². The van der Waals surface area contributed by atoms with E-state index in [1.807, 2.05) is 13.2 Å². The molecular weight excluding hydrogens is 328 g/mol. The molecule has 0 radical (unpaired) electrons. The van der Waals surface area contributed by atoms with Crippen molar-refractivity contribution in [3.63, 3.8) is 0 Å². The number of hydrogen-bond donors (Lipinski definition) is 0. The molecule has 1 amide bonds. The van der Waals surface area contributed by atoms with Crippen molar-refractivity contribution in [2.75, 3.05) is 11.9 Å². The second kappa shape index (κ2) is 4.67. The van der Waals surface area contributed by atoms with Gasteiger partial charge in [-0.05, 0) is 63.5 Å². The number of benzene rings is 1. The number of nitrogens with zero attached hydrogens (tertiary/aromatic N) is 2. The Morgan fingerprint density at radius 3 is 2.81 bits per heavy atom. The van der Waals surface area contributed by atoms with Crippen LogP contribution < -0.4 is 4.90 Å². The van der Waals surface area contributed by atoms with Crippen LogP contribution in [-0.4, -0.2) is 17.9 Å². The Morgan fingerprint density at radius 1 is 1.29 bits per heavy atom. The van der Waals surface area contributed by atoms with Gasteiger partial charge < -0.3 is 4.90 Å². The summed E-state index contributed by atoms with van der Waals surface area (Å²) in [4.78, 5) is 18.1. The monoisotopic (exact) mass is 342 g/mol. The third-order valence-corrected chi connectivity index (χ3v) is 4.83. The average molecular weight is 343 g/mol. The van der Waals surface area contributed by atoms with Crippen LogP contribution in [0.5, 0.6) is 0 Å². The second-order valence-corrected chi connectivity index (χ2v) is 6.74. The predicted molar refractivity (Wildman–Crippen MR) is 86.5 cm³/mol. The van der Waals surface area contributed by atoms with Crippen LogP contribution in [0.15, 0.2) is 35.1 Å². The first kappa shape index (κ1) is 13.0. The van der Waals surface area contributed by atoms with Gasteiger partial charge in [0, 0.05) is 35.2 Å². The quantitative estimate of drug-likeness (QED) is 0.828. The van der Waals surface area contributed by atoms with Crippen LogP contribution in [0.1, 0.15) is 29.9 Å². The molecule has 0 N–H and O–H groups in total. The van der Waals surface area contributed by atoms with Crippen LogP contribution in [0.25, 0.3) is 11.1 Å². The lowest BCUT2D eigenvalue weighted by Gasteiger charge is -2.16. The summed E-state index contributed by atoms with van der Waals surface area (Å²) in [5.74, 6) is 0.796.